The zero-order valence-electron chi connectivity index (χ0n) is 14.2. The minimum absolute atomic E-state index is 0.184. The van der Waals surface area contributed by atoms with Crippen molar-refractivity contribution in [1.29, 1.82) is 0 Å². The Bertz CT molecular complexity index is 922. The third-order valence-electron chi connectivity index (χ3n) is 4.35. The molecule has 0 saturated carbocycles. The van der Waals surface area contributed by atoms with E-state index in [9.17, 15) is 13.2 Å². The molecule has 1 heterocycles. The van der Waals surface area contributed by atoms with Crippen LogP contribution in [0.4, 0.5) is 0 Å². The summed E-state index contributed by atoms with van der Waals surface area (Å²) >= 11 is 11.8. The monoisotopic (exact) mass is 412 g/mol. The van der Waals surface area contributed by atoms with Gasteiger partial charge in [-0.15, -0.1) is 0 Å². The molecule has 1 aliphatic heterocycles. The number of aryl methyl sites for hydroxylation is 1. The Kier molecular flexibility index (Phi) is 5.58. The van der Waals surface area contributed by atoms with Crippen molar-refractivity contribution < 1.29 is 13.2 Å². The normalized spacial score (nSPS) is 15.9. The highest BCUT2D eigenvalue weighted by atomic mass is 35.5. The maximum Gasteiger partial charge on any atom is 0.253 e. The molecule has 0 spiro atoms. The molecule has 0 unspecified atom stereocenters. The molecule has 1 fully saturated rings. The van der Waals surface area contributed by atoms with Gasteiger partial charge in [-0.25, -0.2) is 8.42 Å². The number of piperazine rings is 1. The number of hydrogen-bond donors (Lipinski definition) is 0. The van der Waals surface area contributed by atoms with Gasteiger partial charge >= 0.3 is 0 Å². The summed E-state index contributed by atoms with van der Waals surface area (Å²) in [5.41, 5.74) is 1.44. The highest BCUT2D eigenvalue weighted by Crippen LogP contribution is 2.24. The van der Waals surface area contributed by atoms with Gasteiger partial charge in [-0.3, -0.25) is 4.79 Å². The van der Waals surface area contributed by atoms with Crippen LogP contribution in [0, 0.1) is 6.92 Å². The summed E-state index contributed by atoms with van der Waals surface area (Å²) in [6.45, 7) is 3.06. The minimum Gasteiger partial charge on any atom is -0.336 e. The summed E-state index contributed by atoms with van der Waals surface area (Å²) in [6.07, 6.45) is 0. The number of carbonyl (C=O) groups is 1. The Morgan fingerprint density at radius 1 is 0.923 bits per heavy atom. The van der Waals surface area contributed by atoms with E-state index >= 15 is 0 Å². The number of hydrogen-bond acceptors (Lipinski definition) is 3. The Labute approximate surface area is 163 Å². The molecule has 0 aromatic heterocycles. The molecule has 3 rings (SSSR count). The van der Waals surface area contributed by atoms with Crippen LogP contribution >= 0.6 is 23.2 Å². The van der Waals surface area contributed by atoms with Gasteiger partial charge in [0.15, 0.2) is 0 Å². The lowest BCUT2D eigenvalue weighted by molar-refractivity contribution is 0.0698. The average Bonchev–Trinajstić information content (AvgIpc) is 2.64. The first-order valence-corrected chi connectivity index (χ1v) is 10.3. The van der Waals surface area contributed by atoms with E-state index in [1.807, 2.05) is 6.92 Å². The topological polar surface area (TPSA) is 57.7 Å². The van der Waals surface area contributed by atoms with Gasteiger partial charge in [0.25, 0.3) is 5.91 Å². The third kappa shape index (κ3) is 3.88. The predicted octanol–water partition coefficient (Wildman–Crippen LogP) is 3.45. The van der Waals surface area contributed by atoms with E-state index in [-0.39, 0.29) is 23.9 Å². The van der Waals surface area contributed by atoms with Crippen LogP contribution in [0.1, 0.15) is 15.9 Å². The molecular formula is C18H18Cl2N2O3S. The fourth-order valence-electron chi connectivity index (χ4n) is 2.80. The minimum atomic E-state index is -3.55. The van der Waals surface area contributed by atoms with Crippen LogP contribution in [0.15, 0.2) is 47.4 Å². The summed E-state index contributed by atoms with van der Waals surface area (Å²) < 4.78 is 26.8. The summed E-state index contributed by atoms with van der Waals surface area (Å²) in [7, 11) is -3.55. The van der Waals surface area contributed by atoms with Gasteiger partial charge in [0.1, 0.15) is 0 Å². The summed E-state index contributed by atoms with van der Waals surface area (Å²) in [6, 6.07) is 11.5. The van der Waals surface area contributed by atoms with Crippen molar-refractivity contribution in [1.82, 2.24) is 9.21 Å². The molecule has 26 heavy (non-hydrogen) atoms. The van der Waals surface area contributed by atoms with Gasteiger partial charge < -0.3 is 4.90 Å². The van der Waals surface area contributed by atoms with Crippen molar-refractivity contribution >= 4 is 39.1 Å². The lowest BCUT2D eigenvalue weighted by Crippen LogP contribution is -2.50. The molecular weight excluding hydrogens is 395 g/mol. The molecule has 2 aromatic carbocycles. The van der Waals surface area contributed by atoms with E-state index in [2.05, 4.69) is 0 Å². The molecule has 0 N–H and O–H groups in total. The number of amides is 1. The molecule has 0 aliphatic carbocycles. The predicted molar refractivity (Wildman–Crippen MR) is 102 cm³/mol. The fourth-order valence-corrected chi connectivity index (χ4v) is 4.52. The Hall–Kier alpha value is -1.60. The van der Waals surface area contributed by atoms with Gasteiger partial charge in [0.2, 0.25) is 10.0 Å². The molecule has 5 nitrogen and oxygen atoms in total. The Balaban J connectivity index is 1.69. The summed E-state index contributed by atoms with van der Waals surface area (Å²) in [4.78, 5) is 14.5. The van der Waals surface area contributed by atoms with Crippen LogP contribution in [0.2, 0.25) is 10.0 Å². The molecule has 8 heteroatoms. The first-order valence-electron chi connectivity index (χ1n) is 8.10. The number of nitrogens with zero attached hydrogens (tertiary/aromatic N) is 2. The zero-order valence-corrected chi connectivity index (χ0v) is 16.5. The highest BCUT2D eigenvalue weighted by molar-refractivity contribution is 7.89. The number of rotatable bonds is 3. The van der Waals surface area contributed by atoms with E-state index in [1.54, 1.807) is 41.3 Å². The number of sulfonamides is 1. The van der Waals surface area contributed by atoms with Crippen LogP contribution in [0.3, 0.4) is 0 Å². The van der Waals surface area contributed by atoms with Crippen molar-refractivity contribution in [3.63, 3.8) is 0 Å². The molecule has 1 saturated heterocycles. The Morgan fingerprint density at radius 2 is 1.54 bits per heavy atom. The standard InChI is InChI=1S/C18H18Cl2N2O3S/c1-13-2-5-15(6-3-13)26(24,25)22-10-8-21(9-11-22)18(23)14-4-7-16(19)17(20)12-14/h2-7,12H,8-11H2,1H3. The maximum atomic E-state index is 12.7. The SMILES string of the molecule is Cc1ccc(S(=O)(=O)N2CCN(C(=O)c3ccc(Cl)c(Cl)c3)CC2)cc1. The van der Waals surface area contributed by atoms with E-state index in [4.69, 9.17) is 23.2 Å². The third-order valence-corrected chi connectivity index (χ3v) is 7.00. The van der Waals surface area contributed by atoms with Crippen LogP contribution in [0.5, 0.6) is 0 Å². The molecule has 0 radical (unpaired) electrons. The van der Waals surface area contributed by atoms with Gasteiger partial charge in [-0.1, -0.05) is 40.9 Å². The van der Waals surface area contributed by atoms with E-state index in [1.165, 1.54) is 10.4 Å². The molecule has 0 atom stereocenters. The summed E-state index contributed by atoms with van der Waals surface area (Å²) in [5, 5.41) is 0.704. The van der Waals surface area contributed by atoms with Crippen LogP contribution in [-0.4, -0.2) is 49.7 Å². The van der Waals surface area contributed by atoms with Crippen molar-refractivity contribution in [2.45, 2.75) is 11.8 Å². The number of carbonyl (C=O) groups excluding carboxylic acids is 1. The molecule has 2 aromatic rings. The molecule has 0 bridgehead atoms. The lowest BCUT2D eigenvalue weighted by Gasteiger charge is -2.34. The highest BCUT2D eigenvalue weighted by Gasteiger charge is 2.30. The van der Waals surface area contributed by atoms with Crippen LogP contribution in [0.25, 0.3) is 0 Å². The van der Waals surface area contributed by atoms with Gasteiger partial charge in [-0.2, -0.15) is 4.31 Å². The lowest BCUT2D eigenvalue weighted by atomic mass is 10.2. The summed E-state index contributed by atoms with van der Waals surface area (Å²) in [5.74, 6) is -0.184. The second-order valence-corrected chi connectivity index (χ2v) is 8.89. The van der Waals surface area contributed by atoms with Gasteiger partial charge in [0.05, 0.1) is 14.9 Å². The van der Waals surface area contributed by atoms with E-state index in [0.29, 0.717) is 28.7 Å². The quantitative estimate of drug-likeness (QED) is 0.775. The van der Waals surface area contributed by atoms with Crippen molar-refractivity contribution in [3.05, 3.63) is 63.6 Å². The second-order valence-electron chi connectivity index (χ2n) is 6.14. The van der Waals surface area contributed by atoms with Gasteiger partial charge in [-0.05, 0) is 37.3 Å². The Morgan fingerprint density at radius 3 is 2.12 bits per heavy atom. The number of benzene rings is 2. The zero-order chi connectivity index (χ0) is 18.9. The first kappa shape index (κ1) is 19.2. The van der Waals surface area contributed by atoms with Crippen LogP contribution < -0.4 is 0 Å². The molecule has 1 aliphatic rings. The number of halogens is 2. The second kappa shape index (κ2) is 7.56. The first-order chi connectivity index (χ1) is 12.3. The van der Waals surface area contributed by atoms with E-state index < -0.39 is 10.0 Å². The van der Waals surface area contributed by atoms with Crippen molar-refractivity contribution in [2.75, 3.05) is 26.2 Å². The molecule has 1 amide bonds. The van der Waals surface area contributed by atoms with Crippen molar-refractivity contribution in [2.24, 2.45) is 0 Å². The largest absolute Gasteiger partial charge is 0.336 e. The van der Waals surface area contributed by atoms with E-state index in [0.717, 1.165) is 5.56 Å². The average molecular weight is 413 g/mol. The van der Waals surface area contributed by atoms with Crippen LogP contribution in [-0.2, 0) is 10.0 Å². The van der Waals surface area contributed by atoms with Crippen molar-refractivity contribution in [3.8, 4) is 0 Å². The van der Waals surface area contributed by atoms with Gasteiger partial charge in [0, 0.05) is 31.7 Å². The maximum absolute atomic E-state index is 12.7. The molecule has 138 valence electrons. The smallest absolute Gasteiger partial charge is 0.253 e. The fraction of sp³-hybridized carbons (Fsp3) is 0.278.